The highest BCUT2D eigenvalue weighted by Gasteiger charge is 2.17. The summed E-state index contributed by atoms with van der Waals surface area (Å²) in [5.41, 5.74) is 3.38. The molecule has 0 N–H and O–H groups in total. The minimum atomic E-state index is -0.680. The number of fused-ring (bicyclic) bond motifs is 1. The first-order valence-corrected chi connectivity index (χ1v) is 10.0. The van der Waals surface area contributed by atoms with Crippen molar-refractivity contribution in [2.45, 2.75) is 20.4 Å². The Morgan fingerprint density at radius 2 is 2.08 bits per heavy atom. The van der Waals surface area contributed by atoms with Gasteiger partial charge in [-0.25, -0.2) is 0 Å². The SMILES string of the molecule is CSCCn1c(=NC(=O)c2ccc([N+](=O)[O-])o2)sc2cc(C)c(C)cc21. The van der Waals surface area contributed by atoms with E-state index >= 15 is 0 Å². The molecular weight excluding hydrogens is 374 g/mol. The minimum absolute atomic E-state index is 0.141. The molecule has 0 bridgehead atoms. The quantitative estimate of drug-likeness (QED) is 0.485. The van der Waals surface area contributed by atoms with E-state index in [9.17, 15) is 14.9 Å². The first kappa shape index (κ1) is 18.4. The van der Waals surface area contributed by atoms with E-state index in [4.69, 9.17) is 4.42 Å². The van der Waals surface area contributed by atoms with E-state index in [1.54, 1.807) is 11.8 Å². The van der Waals surface area contributed by atoms with Gasteiger partial charge >= 0.3 is 11.8 Å². The highest BCUT2D eigenvalue weighted by atomic mass is 32.2. The van der Waals surface area contributed by atoms with Gasteiger partial charge in [0.05, 0.1) is 16.3 Å². The van der Waals surface area contributed by atoms with Crippen LogP contribution in [0.5, 0.6) is 0 Å². The molecule has 0 aliphatic rings. The van der Waals surface area contributed by atoms with Crippen LogP contribution < -0.4 is 4.80 Å². The Hall–Kier alpha value is -2.39. The molecule has 1 amide bonds. The Kier molecular flexibility index (Phi) is 5.28. The maximum atomic E-state index is 12.4. The number of thiazole rings is 1. The molecule has 7 nitrogen and oxygen atoms in total. The molecule has 0 unspecified atom stereocenters. The number of nitro groups is 1. The number of carbonyl (C=O) groups is 1. The molecular formula is C17H17N3O4S2. The van der Waals surface area contributed by atoms with Gasteiger partial charge in [-0.2, -0.15) is 16.8 Å². The third-order valence-corrected chi connectivity index (χ3v) is 5.63. The van der Waals surface area contributed by atoms with Crippen LogP contribution in [0.15, 0.2) is 33.7 Å². The minimum Gasteiger partial charge on any atom is -0.395 e. The third kappa shape index (κ3) is 3.58. The van der Waals surface area contributed by atoms with Crippen LogP contribution in [0, 0.1) is 24.0 Å². The molecule has 136 valence electrons. The first-order chi connectivity index (χ1) is 12.4. The molecule has 3 aromatic rings. The summed E-state index contributed by atoms with van der Waals surface area (Å²) in [6.07, 6.45) is 2.02. The van der Waals surface area contributed by atoms with Crippen molar-refractivity contribution in [3.63, 3.8) is 0 Å². The zero-order valence-electron chi connectivity index (χ0n) is 14.5. The van der Waals surface area contributed by atoms with Crippen molar-refractivity contribution in [3.05, 3.63) is 56.1 Å². The highest BCUT2D eigenvalue weighted by molar-refractivity contribution is 7.98. The fourth-order valence-electron chi connectivity index (χ4n) is 2.49. The maximum absolute atomic E-state index is 12.4. The lowest BCUT2D eigenvalue weighted by atomic mass is 10.1. The molecule has 3 rings (SSSR count). The molecule has 26 heavy (non-hydrogen) atoms. The second-order valence-corrected chi connectivity index (χ2v) is 7.74. The number of aromatic nitrogens is 1. The van der Waals surface area contributed by atoms with Gasteiger partial charge in [-0.1, -0.05) is 11.3 Å². The normalized spacial score (nSPS) is 12.0. The second-order valence-electron chi connectivity index (χ2n) is 5.75. The largest absolute Gasteiger partial charge is 0.433 e. The van der Waals surface area contributed by atoms with Crippen molar-refractivity contribution < 1.29 is 14.1 Å². The van der Waals surface area contributed by atoms with Gasteiger partial charge < -0.3 is 8.98 Å². The highest BCUT2D eigenvalue weighted by Crippen LogP contribution is 2.23. The van der Waals surface area contributed by atoms with Crippen LogP contribution in [-0.2, 0) is 6.54 Å². The third-order valence-electron chi connectivity index (χ3n) is 4.00. The van der Waals surface area contributed by atoms with Gasteiger partial charge in [0, 0.05) is 12.3 Å². The molecule has 0 aliphatic heterocycles. The van der Waals surface area contributed by atoms with E-state index in [1.807, 2.05) is 17.7 Å². The standard InChI is InChI=1S/C17H17N3O4S2/c1-10-8-12-14(9-11(10)2)26-17(19(12)6-7-25-3)18-16(21)13-4-5-15(24-13)20(22)23/h4-5,8-9H,6-7H2,1-3H3. The summed E-state index contributed by atoms with van der Waals surface area (Å²) < 4.78 is 8.02. The van der Waals surface area contributed by atoms with Crippen LogP contribution in [0.3, 0.4) is 0 Å². The smallest absolute Gasteiger partial charge is 0.395 e. The van der Waals surface area contributed by atoms with Gasteiger partial charge in [0.15, 0.2) is 4.80 Å². The summed E-state index contributed by atoms with van der Waals surface area (Å²) in [6, 6.07) is 6.62. The van der Waals surface area contributed by atoms with E-state index in [1.165, 1.54) is 28.5 Å². The lowest BCUT2D eigenvalue weighted by Crippen LogP contribution is -2.18. The monoisotopic (exact) mass is 391 g/mol. The molecule has 9 heteroatoms. The zero-order chi connectivity index (χ0) is 18.8. The predicted molar refractivity (Wildman–Crippen MR) is 103 cm³/mol. The summed E-state index contributed by atoms with van der Waals surface area (Å²) in [5.74, 6) is -0.359. The number of thioether (sulfide) groups is 1. The van der Waals surface area contributed by atoms with Crippen molar-refractivity contribution in [2.75, 3.05) is 12.0 Å². The Morgan fingerprint density at radius 3 is 2.73 bits per heavy atom. The van der Waals surface area contributed by atoms with E-state index in [0.717, 1.165) is 22.0 Å². The van der Waals surface area contributed by atoms with E-state index < -0.39 is 16.7 Å². The van der Waals surface area contributed by atoms with Crippen LogP contribution in [0.4, 0.5) is 5.88 Å². The summed E-state index contributed by atoms with van der Waals surface area (Å²) in [6.45, 7) is 4.81. The van der Waals surface area contributed by atoms with Crippen LogP contribution in [0.2, 0.25) is 0 Å². The Balaban J connectivity index is 2.10. The lowest BCUT2D eigenvalue weighted by molar-refractivity contribution is -0.402. The van der Waals surface area contributed by atoms with E-state index in [0.29, 0.717) is 11.3 Å². The number of benzene rings is 1. The number of rotatable bonds is 5. The zero-order valence-corrected chi connectivity index (χ0v) is 16.1. The molecule has 0 saturated carbocycles. The predicted octanol–water partition coefficient (Wildman–Crippen LogP) is 3.92. The molecule has 0 spiro atoms. The van der Waals surface area contributed by atoms with Gasteiger partial charge in [0.2, 0.25) is 5.76 Å². The Bertz CT molecular complexity index is 1060. The van der Waals surface area contributed by atoms with Crippen molar-refractivity contribution in [2.24, 2.45) is 4.99 Å². The average Bonchev–Trinajstić information content (AvgIpc) is 3.19. The Morgan fingerprint density at radius 1 is 1.35 bits per heavy atom. The van der Waals surface area contributed by atoms with Crippen molar-refractivity contribution >= 4 is 45.1 Å². The molecule has 0 aliphatic carbocycles. The van der Waals surface area contributed by atoms with Crippen molar-refractivity contribution in [1.29, 1.82) is 0 Å². The van der Waals surface area contributed by atoms with Gasteiger partial charge in [-0.15, -0.1) is 0 Å². The summed E-state index contributed by atoms with van der Waals surface area (Å²) in [5, 5.41) is 10.7. The summed E-state index contributed by atoms with van der Waals surface area (Å²) in [4.78, 5) is 27.2. The molecule has 0 atom stereocenters. The van der Waals surface area contributed by atoms with Gasteiger partial charge in [0.25, 0.3) is 0 Å². The molecule has 0 radical (unpaired) electrons. The fraction of sp³-hybridized carbons (Fsp3) is 0.294. The van der Waals surface area contributed by atoms with Gasteiger partial charge in [0.1, 0.15) is 4.92 Å². The van der Waals surface area contributed by atoms with Gasteiger partial charge in [-0.3, -0.25) is 14.9 Å². The topological polar surface area (TPSA) is 90.6 Å². The number of nitrogens with zero attached hydrogens (tertiary/aromatic N) is 3. The Labute approximate surface area is 157 Å². The molecule has 1 aromatic carbocycles. The number of hydrogen-bond donors (Lipinski definition) is 0. The molecule has 2 heterocycles. The summed E-state index contributed by atoms with van der Waals surface area (Å²) >= 11 is 3.13. The van der Waals surface area contributed by atoms with Crippen LogP contribution >= 0.6 is 23.1 Å². The molecule has 2 aromatic heterocycles. The van der Waals surface area contributed by atoms with Crippen molar-refractivity contribution in [3.8, 4) is 0 Å². The number of amides is 1. The molecule has 0 saturated heterocycles. The van der Waals surface area contributed by atoms with Crippen molar-refractivity contribution in [1.82, 2.24) is 4.57 Å². The second kappa shape index (κ2) is 7.46. The number of furan rings is 1. The first-order valence-electron chi connectivity index (χ1n) is 7.83. The van der Waals surface area contributed by atoms with Gasteiger partial charge in [-0.05, 0) is 49.4 Å². The molecule has 0 fully saturated rings. The lowest BCUT2D eigenvalue weighted by Gasteiger charge is -2.05. The van der Waals surface area contributed by atoms with Crippen LogP contribution in [0.1, 0.15) is 21.7 Å². The van der Waals surface area contributed by atoms with Crippen LogP contribution in [0.25, 0.3) is 10.2 Å². The maximum Gasteiger partial charge on any atom is 0.433 e. The summed E-state index contributed by atoms with van der Waals surface area (Å²) in [7, 11) is 0. The number of hydrogen-bond acceptors (Lipinski definition) is 6. The van der Waals surface area contributed by atoms with E-state index in [-0.39, 0.29) is 5.76 Å². The fourth-order valence-corrected chi connectivity index (χ4v) is 3.99. The van der Waals surface area contributed by atoms with Crippen LogP contribution in [-0.4, -0.2) is 27.4 Å². The number of aryl methyl sites for hydroxylation is 3. The number of carbonyl (C=O) groups excluding carboxylic acids is 1. The average molecular weight is 391 g/mol. The van der Waals surface area contributed by atoms with E-state index in [2.05, 4.69) is 24.0 Å².